The molecule has 1 fully saturated rings. The van der Waals surface area contributed by atoms with Crippen LogP contribution in [0.2, 0.25) is 0 Å². The number of rotatable bonds is 4. The maximum absolute atomic E-state index is 13.0. The van der Waals surface area contributed by atoms with E-state index < -0.39 is 11.9 Å². The van der Waals surface area contributed by atoms with Crippen molar-refractivity contribution < 1.29 is 13.2 Å². The third-order valence-electron chi connectivity index (χ3n) is 5.39. The molecule has 2 aromatic rings. The van der Waals surface area contributed by atoms with E-state index in [0.717, 1.165) is 31.2 Å². The molecule has 3 heterocycles. The predicted octanol–water partition coefficient (Wildman–Crippen LogP) is 4.23. The summed E-state index contributed by atoms with van der Waals surface area (Å²) in [5.74, 6) is 1.77. The van der Waals surface area contributed by atoms with Gasteiger partial charge in [-0.15, -0.1) is 0 Å². The van der Waals surface area contributed by atoms with E-state index in [2.05, 4.69) is 47.3 Å². The van der Waals surface area contributed by atoms with Crippen LogP contribution in [0.5, 0.6) is 0 Å². The van der Waals surface area contributed by atoms with E-state index in [1.54, 1.807) is 12.3 Å². The number of aromatic nitrogens is 3. The molecule has 0 N–H and O–H groups in total. The summed E-state index contributed by atoms with van der Waals surface area (Å²) < 4.78 is 40.4. The lowest BCUT2D eigenvalue weighted by atomic mass is 9.86. The number of imidazole rings is 1. The van der Waals surface area contributed by atoms with Crippen molar-refractivity contribution in [3.8, 4) is 0 Å². The molecule has 1 aliphatic rings. The smallest absolute Gasteiger partial charge is 0.354 e. The van der Waals surface area contributed by atoms with E-state index >= 15 is 0 Å². The number of fused-ring (bicyclic) bond motifs is 1. The second kappa shape index (κ2) is 8.34. The van der Waals surface area contributed by atoms with Gasteiger partial charge in [-0.3, -0.25) is 14.4 Å². The highest BCUT2D eigenvalue weighted by molar-refractivity contribution is 5.93. The summed E-state index contributed by atoms with van der Waals surface area (Å²) in [7, 11) is 0. The van der Waals surface area contributed by atoms with Gasteiger partial charge in [0.1, 0.15) is 5.84 Å². The zero-order valence-electron chi connectivity index (χ0n) is 16.8. The average molecular weight is 406 g/mol. The fourth-order valence-corrected chi connectivity index (χ4v) is 3.74. The van der Waals surface area contributed by atoms with Gasteiger partial charge in [-0.1, -0.05) is 13.8 Å². The zero-order chi connectivity index (χ0) is 21.2. The second-order valence-electron chi connectivity index (χ2n) is 7.63. The number of aliphatic imine (C=N–C) groups is 2. The van der Waals surface area contributed by atoms with Gasteiger partial charge < -0.3 is 4.90 Å². The van der Waals surface area contributed by atoms with Crippen LogP contribution in [0, 0.1) is 11.8 Å². The molecule has 0 spiro atoms. The van der Waals surface area contributed by atoms with Crippen LogP contribution in [0.25, 0.3) is 5.65 Å². The van der Waals surface area contributed by atoms with E-state index in [0.29, 0.717) is 29.2 Å². The Bertz CT molecular complexity index is 930. The molecule has 156 valence electrons. The van der Waals surface area contributed by atoms with E-state index in [1.165, 1.54) is 10.6 Å². The van der Waals surface area contributed by atoms with Crippen molar-refractivity contribution in [2.45, 2.75) is 46.0 Å². The normalized spacial score (nSPS) is 23.9. The van der Waals surface area contributed by atoms with Crippen LogP contribution in [-0.2, 0) is 12.7 Å². The molecule has 9 heteroatoms. The zero-order valence-corrected chi connectivity index (χ0v) is 16.8. The molecule has 29 heavy (non-hydrogen) atoms. The molecule has 0 bridgehead atoms. The quantitative estimate of drug-likeness (QED) is 0.564. The van der Waals surface area contributed by atoms with Crippen molar-refractivity contribution in [1.82, 2.24) is 19.3 Å². The topological polar surface area (TPSA) is 58.1 Å². The molecular formula is C20H25F3N6. The number of hydrogen-bond acceptors (Lipinski definition) is 4. The van der Waals surface area contributed by atoms with Gasteiger partial charge in [-0.05, 0) is 38.0 Å². The lowest BCUT2D eigenvalue weighted by molar-refractivity contribution is -0.141. The first kappa shape index (κ1) is 21.0. The number of halogens is 3. The van der Waals surface area contributed by atoms with E-state index in [-0.39, 0.29) is 6.54 Å². The van der Waals surface area contributed by atoms with Gasteiger partial charge in [0.25, 0.3) is 0 Å². The van der Waals surface area contributed by atoms with E-state index in [1.807, 2.05) is 0 Å². The van der Waals surface area contributed by atoms with Crippen molar-refractivity contribution in [3.05, 3.63) is 42.3 Å². The van der Waals surface area contributed by atoms with Crippen LogP contribution in [0.3, 0.4) is 0 Å². The summed E-state index contributed by atoms with van der Waals surface area (Å²) in [4.78, 5) is 18.3. The molecule has 1 aliphatic heterocycles. The van der Waals surface area contributed by atoms with Crippen molar-refractivity contribution in [3.63, 3.8) is 0 Å². The molecule has 3 unspecified atom stereocenters. The Balaban J connectivity index is 1.93. The van der Waals surface area contributed by atoms with Crippen LogP contribution in [-0.4, -0.2) is 44.4 Å². The largest absolute Gasteiger partial charge is 0.434 e. The van der Waals surface area contributed by atoms with Crippen LogP contribution >= 0.6 is 0 Å². The van der Waals surface area contributed by atoms with Gasteiger partial charge in [0, 0.05) is 25.0 Å². The summed E-state index contributed by atoms with van der Waals surface area (Å²) in [5.41, 5.74) is -0.0609. The second-order valence-corrected chi connectivity index (χ2v) is 7.63. The first-order chi connectivity index (χ1) is 13.7. The molecule has 0 aromatic carbocycles. The highest BCUT2D eigenvalue weighted by Crippen LogP contribution is 2.29. The van der Waals surface area contributed by atoms with Gasteiger partial charge in [0.15, 0.2) is 11.3 Å². The van der Waals surface area contributed by atoms with Gasteiger partial charge >= 0.3 is 6.18 Å². The molecular weight excluding hydrogens is 381 g/mol. The molecule has 3 rings (SSSR count). The van der Waals surface area contributed by atoms with Crippen molar-refractivity contribution in [2.75, 3.05) is 6.54 Å². The van der Waals surface area contributed by atoms with Crippen LogP contribution in [0.15, 0.2) is 40.9 Å². The Hall–Kier alpha value is -2.71. The lowest BCUT2D eigenvalue weighted by Gasteiger charge is -2.42. The minimum atomic E-state index is -4.52. The lowest BCUT2D eigenvalue weighted by Crippen LogP contribution is -2.48. The van der Waals surface area contributed by atoms with Crippen molar-refractivity contribution >= 4 is 18.2 Å². The van der Waals surface area contributed by atoms with Gasteiger partial charge in [-0.25, -0.2) is 9.97 Å². The summed E-state index contributed by atoms with van der Waals surface area (Å²) in [6.45, 7) is 11.1. The third kappa shape index (κ3) is 4.65. The summed E-state index contributed by atoms with van der Waals surface area (Å²) >= 11 is 0. The minimum absolute atomic E-state index is 0.186. The van der Waals surface area contributed by atoms with Crippen LogP contribution < -0.4 is 0 Å². The molecule has 3 atom stereocenters. The number of nitrogens with zero attached hydrogens (tertiary/aromatic N) is 6. The third-order valence-corrected chi connectivity index (χ3v) is 5.39. The van der Waals surface area contributed by atoms with E-state index in [4.69, 9.17) is 4.99 Å². The van der Waals surface area contributed by atoms with Gasteiger partial charge in [0.2, 0.25) is 0 Å². The number of likely N-dealkylation sites (tertiary alicyclic amines) is 1. The molecule has 0 radical (unpaired) electrons. The monoisotopic (exact) mass is 406 g/mol. The number of amidine groups is 1. The highest BCUT2D eigenvalue weighted by atomic mass is 19.4. The molecule has 0 amide bonds. The van der Waals surface area contributed by atoms with Gasteiger partial charge in [-0.2, -0.15) is 13.2 Å². The SMILES string of the molecule is C=N/C=C\C(=NCc1cnc2cnc(C(F)(F)F)cn12)N1CC(C)CC(C)C1C. The summed E-state index contributed by atoms with van der Waals surface area (Å²) in [6, 6.07) is 0.294. The fraction of sp³-hybridized carbons (Fsp3) is 0.500. The van der Waals surface area contributed by atoms with Crippen LogP contribution in [0.1, 0.15) is 38.6 Å². The molecule has 0 aliphatic carbocycles. The Morgan fingerprint density at radius 3 is 2.72 bits per heavy atom. The average Bonchev–Trinajstić information content (AvgIpc) is 3.07. The first-order valence-electron chi connectivity index (χ1n) is 9.53. The van der Waals surface area contributed by atoms with Gasteiger partial charge in [0.05, 0.1) is 24.6 Å². The number of hydrogen-bond donors (Lipinski definition) is 0. The highest BCUT2D eigenvalue weighted by Gasteiger charge is 2.33. The number of alkyl halides is 3. The fourth-order valence-electron chi connectivity index (χ4n) is 3.74. The predicted molar refractivity (Wildman–Crippen MR) is 107 cm³/mol. The molecule has 6 nitrogen and oxygen atoms in total. The van der Waals surface area contributed by atoms with E-state index in [9.17, 15) is 13.2 Å². The van der Waals surface area contributed by atoms with Crippen molar-refractivity contribution in [1.29, 1.82) is 0 Å². The maximum Gasteiger partial charge on any atom is 0.434 e. The summed E-state index contributed by atoms with van der Waals surface area (Å²) in [5, 5.41) is 0. The maximum atomic E-state index is 13.0. The van der Waals surface area contributed by atoms with Crippen molar-refractivity contribution in [2.24, 2.45) is 21.8 Å². The Morgan fingerprint density at radius 2 is 2.03 bits per heavy atom. The van der Waals surface area contributed by atoms with Crippen LogP contribution in [0.4, 0.5) is 13.2 Å². The number of piperidine rings is 1. The minimum Gasteiger partial charge on any atom is -0.354 e. The first-order valence-corrected chi connectivity index (χ1v) is 9.53. The molecule has 1 saturated heterocycles. The standard InChI is InChI=1S/C20H25F3N6/c1-13-7-14(2)15(3)28(11-13)18(5-6-24-4)26-8-16-9-27-19-10-25-17(12-29(16)19)20(21,22)23/h5-6,9-10,12-15H,4,7-8,11H2,1-3H3/b6-5-,26-18?. The Kier molecular flexibility index (Phi) is 6.04. The Morgan fingerprint density at radius 1 is 1.28 bits per heavy atom. The molecule has 0 saturated carbocycles. The molecule has 2 aromatic heterocycles. The summed E-state index contributed by atoms with van der Waals surface area (Å²) in [6.07, 6.45) is 3.61. The Labute approximate surface area is 167 Å².